The molecule has 134 valence electrons. The van der Waals surface area contributed by atoms with Crippen molar-refractivity contribution in [2.75, 3.05) is 20.8 Å². The standard InChI is InChI=1S/C19H25N3O3/c1-20-17(23)14-9-7-13(8-10-14)11-21(2)12-22-18(24)15-5-3-4-6-16(15)19(22)25/h7-10,15-16H,3-6,11-12H2,1-2H3,(H,20,23)/t15-,16+. The summed E-state index contributed by atoms with van der Waals surface area (Å²) in [6.45, 7) is 0.933. The summed E-state index contributed by atoms with van der Waals surface area (Å²) in [7, 11) is 3.50. The molecule has 1 saturated carbocycles. The van der Waals surface area contributed by atoms with Crippen LogP contribution in [0.3, 0.4) is 0 Å². The van der Waals surface area contributed by atoms with Gasteiger partial charge in [-0.3, -0.25) is 24.2 Å². The molecule has 1 aliphatic carbocycles. The van der Waals surface area contributed by atoms with E-state index in [1.165, 1.54) is 4.90 Å². The van der Waals surface area contributed by atoms with Gasteiger partial charge in [0.05, 0.1) is 18.5 Å². The monoisotopic (exact) mass is 343 g/mol. The molecule has 1 aromatic rings. The van der Waals surface area contributed by atoms with Crippen LogP contribution < -0.4 is 5.32 Å². The van der Waals surface area contributed by atoms with Gasteiger partial charge in [-0.05, 0) is 37.6 Å². The molecule has 0 radical (unpaired) electrons. The third-order valence-electron chi connectivity index (χ3n) is 5.21. The number of hydrogen-bond acceptors (Lipinski definition) is 4. The average Bonchev–Trinajstić information content (AvgIpc) is 2.87. The van der Waals surface area contributed by atoms with Crippen molar-refractivity contribution >= 4 is 17.7 Å². The zero-order valence-electron chi connectivity index (χ0n) is 14.8. The number of rotatable bonds is 5. The van der Waals surface area contributed by atoms with Gasteiger partial charge in [-0.2, -0.15) is 0 Å². The Morgan fingerprint density at radius 2 is 1.68 bits per heavy atom. The first-order chi connectivity index (χ1) is 12.0. The SMILES string of the molecule is CNC(=O)c1ccc(CN(C)CN2C(=O)[C@H]3CCCC[C@H]3C2=O)cc1. The van der Waals surface area contributed by atoms with E-state index in [-0.39, 0.29) is 29.6 Å². The van der Waals surface area contributed by atoms with Crippen molar-refractivity contribution < 1.29 is 14.4 Å². The minimum atomic E-state index is -0.115. The highest BCUT2D eigenvalue weighted by Gasteiger charge is 2.48. The number of nitrogens with zero attached hydrogens (tertiary/aromatic N) is 2. The van der Waals surface area contributed by atoms with Gasteiger partial charge in [0.15, 0.2) is 0 Å². The topological polar surface area (TPSA) is 69.7 Å². The third kappa shape index (κ3) is 3.58. The fourth-order valence-corrected chi connectivity index (χ4v) is 3.88. The molecule has 2 aliphatic rings. The Hall–Kier alpha value is -2.21. The summed E-state index contributed by atoms with van der Waals surface area (Å²) < 4.78 is 0. The van der Waals surface area contributed by atoms with Gasteiger partial charge in [0.2, 0.25) is 11.8 Å². The summed E-state index contributed by atoms with van der Waals surface area (Å²) >= 11 is 0. The molecule has 1 heterocycles. The molecule has 1 N–H and O–H groups in total. The van der Waals surface area contributed by atoms with Crippen molar-refractivity contribution in [1.29, 1.82) is 0 Å². The Labute approximate surface area is 148 Å². The van der Waals surface area contributed by atoms with Gasteiger partial charge in [0, 0.05) is 19.2 Å². The Bertz CT molecular complexity index is 647. The summed E-state index contributed by atoms with van der Waals surface area (Å²) in [5.74, 6) is -0.313. The van der Waals surface area contributed by atoms with E-state index in [9.17, 15) is 14.4 Å². The quantitative estimate of drug-likeness (QED) is 0.825. The second kappa shape index (κ2) is 7.35. The summed E-state index contributed by atoms with van der Waals surface area (Å²) in [6.07, 6.45) is 3.77. The molecule has 2 fully saturated rings. The van der Waals surface area contributed by atoms with Crippen LogP contribution in [0.4, 0.5) is 0 Å². The molecule has 1 aliphatic heterocycles. The Balaban J connectivity index is 1.60. The molecule has 0 unspecified atom stereocenters. The predicted molar refractivity (Wildman–Crippen MR) is 93.5 cm³/mol. The van der Waals surface area contributed by atoms with Gasteiger partial charge in [0.1, 0.15) is 0 Å². The van der Waals surface area contributed by atoms with Crippen LogP contribution in [0, 0.1) is 11.8 Å². The van der Waals surface area contributed by atoms with Crippen LogP contribution >= 0.6 is 0 Å². The van der Waals surface area contributed by atoms with Gasteiger partial charge in [-0.25, -0.2) is 0 Å². The van der Waals surface area contributed by atoms with Gasteiger partial charge in [0.25, 0.3) is 5.91 Å². The van der Waals surface area contributed by atoms with Crippen molar-refractivity contribution in [3.8, 4) is 0 Å². The van der Waals surface area contributed by atoms with Gasteiger partial charge >= 0.3 is 0 Å². The Kier molecular flexibility index (Phi) is 5.18. The van der Waals surface area contributed by atoms with Crippen molar-refractivity contribution in [3.05, 3.63) is 35.4 Å². The average molecular weight is 343 g/mol. The molecule has 25 heavy (non-hydrogen) atoms. The van der Waals surface area contributed by atoms with Gasteiger partial charge in [-0.1, -0.05) is 25.0 Å². The fourth-order valence-electron chi connectivity index (χ4n) is 3.88. The van der Waals surface area contributed by atoms with Crippen LogP contribution in [0.25, 0.3) is 0 Å². The first-order valence-corrected chi connectivity index (χ1v) is 8.86. The maximum absolute atomic E-state index is 12.5. The molecule has 0 bridgehead atoms. The lowest BCUT2D eigenvalue weighted by molar-refractivity contribution is -0.142. The first-order valence-electron chi connectivity index (χ1n) is 8.86. The molecule has 1 aromatic carbocycles. The molecule has 0 spiro atoms. The predicted octanol–water partition coefficient (Wildman–Crippen LogP) is 1.61. The summed E-state index contributed by atoms with van der Waals surface area (Å²) in [4.78, 5) is 40.0. The minimum absolute atomic E-state index is 0.00323. The third-order valence-corrected chi connectivity index (χ3v) is 5.21. The number of nitrogens with one attached hydrogen (secondary N) is 1. The van der Waals surface area contributed by atoms with Crippen LogP contribution in [0.15, 0.2) is 24.3 Å². The molecular formula is C19H25N3O3. The molecule has 6 heteroatoms. The molecule has 1 saturated heterocycles. The maximum atomic E-state index is 12.5. The fraction of sp³-hybridized carbons (Fsp3) is 0.526. The summed E-state index contributed by atoms with van der Waals surface area (Å²) in [5.41, 5.74) is 1.65. The molecule has 3 amide bonds. The van der Waals surface area contributed by atoms with Crippen LogP contribution in [0.2, 0.25) is 0 Å². The zero-order chi connectivity index (χ0) is 18.0. The number of benzene rings is 1. The summed E-state index contributed by atoms with van der Waals surface area (Å²) in [5, 5.41) is 2.59. The lowest BCUT2D eigenvalue weighted by Gasteiger charge is -2.23. The van der Waals surface area contributed by atoms with Crippen molar-refractivity contribution in [2.24, 2.45) is 11.8 Å². The number of amides is 3. The van der Waals surface area contributed by atoms with E-state index in [1.807, 2.05) is 24.1 Å². The largest absolute Gasteiger partial charge is 0.355 e. The zero-order valence-corrected chi connectivity index (χ0v) is 14.8. The van der Waals surface area contributed by atoms with E-state index in [2.05, 4.69) is 5.32 Å². The molecule has 3 rings (SSSR count). The summed E-state index contributed by atoms with van der Waals surface area (Å²) in [6, 6.07) is 7.36. The maximum Gasteiger partial charge on any atom is 0.251 e. The number of fused-ring (bicyclic) bond motifs is 1. The van der Waals surface area contributed by atoms with Crippen LogP contribution in [-0.4, -0.2) is 48.3 Å². The van der Waals surface area contributed by atoms with Gasteiger partial charge < -0.3 is 5.32 Å². The lowest BCUT2D eigenvalue weighted by Crippen LogP contribution is -2.40. The van der Waals surface area contributed by atoms with E-state index in [1.54, 1.807) is 19.2 Å². The number of imide groups is 1. The Morgan fingerprint density at radius 1 is 1.12 bits per heavy atom. The Morgan fingerprint density at radius 3 is 2.20 bits per heavy atom. The molecule has 0 aromatic heterocycles. The van der Waals surface area contributed by atoms with E-state index < -0.39 is 0 Å². The van der Waals surface area contributed by atoms with E-state index >= 15 is 0 Å². The highest BCUT2D eigenvalue weighted by atomic mass is 16.2. The molecular weight excluding hydrogens is 318 g/mol. The second-order valence-corrected chi connectivity index (χ2v) is 7.03. The second-order valence-electron chi connectivity index (χ2n) is 7.03. The first kappa shape index (κ1) is 17.6. The minimum Gasteiger partial charge on any atom is -0.355 e. The number of carbonyl (C=O) groups is 3. The van der Waals surface area contributed by atoms with Crippen molar-refractivity contribution in [1.82, 2.24) is 15.1 Å². The van der Waals surface area contributed by atoms with Crippen LogP contribution in [0.5, 0.6) is 0 Å². The number of hydrogen-bond donors (Lipinski definition) is 1. The van der Waals surface area contributed by atoms with E-state index in [0.29, 0.717) is 18.8 Å². The smallest absolute Gasteiger partial charge is 0.251 e. The van der Waals surface area contributed by atoms with E-state index in [0.717, 1.165) is 31.2 Å². The molecule has 6 nitrogen and oxygen atoms in total. The highest BCUT2D eigenvalue weighted by Crippen LogP contribution is 2.37. The van der Waals surface area contributed by atoms with Crippen LogP contribution in [-0.2, 0) is 16.1 Å². The normalized spacial score (nSPS) is 23.1. The van der Waals surface area contributed by atoms with Gasteiger partial charge in [-0.15, -0.1) is 0 Å². The van der Waals surface area contributed by atoms with E-state index in [4.69, 9.17) is 0 Å². The lowest BCUT2D eigenvalue weighted by atomic mass is 9.81. The van der Waals surface area contributed by atoms with Crippen LogP contribution in [0.1, 0.15) is 41.6 Å². The molecule has 2 atom stereocenters. The highest BCUT2D eigenvalue weighted by molar-refractivity contribution is 6.05. The number of likely N-dealkylation sites (tertiary alicyclic amines) is 1. The number of carbonyl (C=O) groups excluding carboxylic acids is 3. The van der Waals surface area contributed by atoms with Crippen molar-refractivity contribution in [2.45, 2.75) is 32.2 Å². The van der Waals surface area contributed by atoms with Crippen molar-refractivity contribution in [3.63, 3.8) is 0 Å².